The number of anilines is 7. The summed E-state index contributed by atoms with van der Waals surface area (Å²) in [7, 11) is 0. The molecule has 1 aliphatic carbocycles. The van der Waals surface area contributed by atoms with E-state index in [4.69, 9.17) is 0 Å². The maximum Gasteiger partial charge on any atom is 0.251 e. The first kappa shape index (κ1) is 30.1. The van der Waals surface area contributed by atoms with Crippen molar-refractivity contribution in [2.24, 2.45) is 5.41 Å². The summed E-state index contributed by atoms with van der Waals surface area (Å²) in [4.78, 5) is 7.74. The Labute approximate surface area is 292 Å². The highest BCUT2D eigenvalue weighted by atomic mass is 15.3. The van der Waals surface area contributed by atoms with Crippen molar-refractivity contribution in [3.05, 3.63) is 150 Å². The standard InChI is InChI=1S/C45H44BN3/c1-6-37-43-32(3)44(4)26-16-17-27-45(44,5)49(43)41-29-31(2)28-40-42(41)46(37)38-25-24-36(30-39(38)48(40)35-22-14-9-15-23-35)47(33-18-10-7-11-19-33)34-20-12-8-13-21-34/h6-15,18-25,28-30H,16-17,26-27H2,1-5H3/b37-6+. The van der Waals surface area contributed by atoms with Gasteiger partial charge in [-0.3, -0.25) is 0 Å². The summed E-state index contributed by atoms with van der Waals surface area (Å²) in [6, 6.07) is 44.7. The second-order valence-electron chi connectivity index (χ2n) is 14.9. The third-order valence-corrected chi connectivity index (χ3v) is 12.5. The summed E-state index contributed by atoms with van der Waals surface area (Å²) < 4.78 is 0. The Balaban J connectivity index is 1.34. The molecule has 4 aliphatic rings. The summed E-state index contributed by atoms with van der Waals surface area (Å²) in [5.41, 5.74) is 17.4. The molecule has 0 aromatic heterocycles. The summed E-state index contributed by atoms with van der Waals surface area (Å²) in [5.74, 6) is 0. The van der Waals surface area contributed by atoms with Crippen LogP contribution in [0.5, 0.6) is 0 Å². The lowest BCUT2D eigenvalue weighted by molar-refractivity contribution is 0.150. The molecule has 5 aromatic rings. The molecule has 1 fully saturated rings. The largest absolute Gasteiger partial charge is 0.336 e. The number of nitrogens with zero attached hydrogens (tertiary/aromatic N) is 3. The van der Waals surface area contributed by atoms with E-state index in [0.717, 1.165) is 17.1 Å². The summed E-state index contributed by atoms with van der Waals surface area (Å²) in [6.45, 7) is 12.3. The first-order chi connectivity index (χ1) is 23.9. The van der Waals surface area contributed by atoms with Crippen LogP contribution in [0, 0.1) is 12.3 Å². The lowest BCUT2D eigenvalue weighted by Crippen LogP contribution is -2.62. The monoisotopic (exact) mass is 637 g/mol. The van der Waals surface area contributed by atoms with Crippen LogP contribution in [0.4, 0.5) is 39.8 Å². The van der Waals surface area contributed by atoms with E-state index in [-0.39, 0.29) is 17.7 Å². The average molecular weight is 638 g/mol. The SMILES string of the molecule is C/C=C1/B2c3ccc(N(c4ccccc4)c4ccccc4)cc3N(c3ccccc3)c3cc(C)cc(c32)N2C1=C(C)C1(C)CCCCC21C. The Morgan fingerprint density at radius 2 is 1.29 bits per heavy atom. The molecule has 9 rings (SSSR count). The van der Waals surface area contributed by atoms with Gasteiger partial charge in [0.2, 0.25) is 0 Å². The number of aryl methyl sites for hydroxylation is 1. The van der Waals surface area contributed by atoms with Crippen LogP contribution in [0.25, 0.3) is 0 Å². The molecule has 4 heteroatoms. The number of allylic oxidation sites excluding steroid dienone is 2. The highest BCUT2D eigenvalue weighted by Gasteiger charge is 2.61. The molecule has 242 valence electrons. The quantitative estimate of drug-likeness (QED) is 0.182. The van der Waals surface area contributed by atoms with Crippen molar-refractivity contribution in [1.82, 2.24) is 0 Å². The molecular formula is C45H44BN3. The van der Waals surface area contributed by atoms with Gasteiger partial charge in [0.05, 0.1) is 5.54 Å². The van der Waals surface area contributed by atoms with Crippen molar-refractivity contribution < 1.29 is 0 Å². The van der Waals surface area contributed by atoms with Gasteiger partial charge in [0.25, 0.3) is 6.71 Å². The van der Waals surface area contributed by atoms with E-state index in [1.54, 1.807) is 5.57 Å². The zero-order valence-electron chi connectivity index (χ0n) is 29.4. The topological polar surface area (TPSA) is 9.72 Å². The maximum absolute atomic E-state index is 2.81. The van der Waals surface area contributed by atoms with Crippen molar-refractivity contribution in [1.29, 1.82) is 0 Å². The Bertz CT molecular complexity index is 2120. The molecule has 0 amide bonds. The van der Waals surface area contributed by atoms with E-state index in [1.807, 2.05) is 0 Å². The molecule has 2 unspecified atom stereocenters. The van der Waals surface area contributed by atoms with Crippen LogP contribution in [0.1, 0.15) is 58.9 Å². The molecule has 3 nitrogen and oxygen atoms in total. The van der Waals surface area contributed by atoms with Gasteiger partial charge in [-0.05, 0) is 129 Å². The van der Waals surface area contributed by atoms with Crippen molar-refractivity contribution in [3.8, 4) is 0 Å². The third kappa shape index (κ3) is 4.16. The molecular weight excluding hydrogens is 593 g/mol. The van der Waals surface area contributed by atoms with E-state index in [2.05, 4.69) is 177 Å². The number of fused-ring (bicyclic) bond motifs is 6. The molecule has 0 N–H and O–H groups in total. The second kappa shape index (κ2) is 11.0. The van der Waals surface area contributed by atoms with Crippen LogP contribution in [0.2, 0.25) is 0 Å². The van der Waals surface area contributed by atoms with Crippen LogP contribution in [0.3, 0.4) is 0 Å². The molecule has 0 radical (unpaired) electrons. The van der Waals surface area contributed by atoms with Crippen LogP contribution in [0.15, 0.2) is 144 Å². The van der Waals surface area contributed by atoms with E-state index in [0.29, 0.717) is 0 Å². The zero-order chi connectivity index (χ0) is 33.5. The Morgan fingerprint density at radius 1 is 0.673 bits per heavy atom. The maximum atomic E-state index is 2.81. The minimum absolute atomic E-state index is 0.0407. The molecule has 3 aliphatic heterocycles. The summed E-state index contributed by atoms with van der Waals surface area (Å²) in [6.07, 6.45) is 7.48. The molecule has 2 atom stereocenters. The summed E-state index contributed by atoms with van der Waals surface area (Å²) >= 11 is 0. The highest BCUT2D eigenvalue weighted by Crippen LogP contribution is 2.62. The van der Waals surface area contributed by atoms with Gasteiger partial charge < -0.3 is 14.7 Å². The molecule has 0 saturated heterocycles. The Hall–Kier alpha value is -4.96. The van der Waals surface area contributed by atoms with E-state index in [9.17, 15) is 0 Å². The zero-order valence-corrected chi connectivity index (χ0v) is 29.4. The number of hydrogen-bond acceptors (Lipinski definition) is 3. The fourth-order valence-electron chi connectivity index (χ4n) is 9.89. The van der Waals surface area contributed by atoms with Crippen LogP contribution in [-0.4, -0.2) is 12.3 Å². The molecule has 5 aromatic carbocycles. The van der Waals surface area contributed by atoms with Crippen LogP contribution < -0.4 is 25.6 Å². The summed E-state index contributed by atoms with van der Waals surface area (Å²) in [5, 5.41) is 0. The lowest BCUT2D eigenvalue weighted by Gasteiger charge is -2.54. The molecule has 1 saturated carbocycles. The number of rotatable bonds is 4. The fraction of sp³-hybridized carbons (Fsp3) is 0.244. The van der Waals surface area contributed by atoms with Gasteiger partial charge in [-0.2, -0.15) is 0 Å². The minimum atomic E-state index is 0.0407. The van der Waals surface area contributed by atoms with Crippen molar-refractivity contribution in [2.45, 2.75) is 65.8 Å². The van der Waals surface area contributed by atoms with Crippen molar-refractivity contribution >= 4 is 57.5 Å². The molecule has 0 spiro atoms. The van der Waals surface area contributed by atoms with Gasteiger partial charge in [-0.15, -0.1) is 0 Å². The highest BCUT2D eigenvalue weighted by molar-refractivity contribution is 6.96. The van der Waals surface area contributed by atoms with Gasteiger partial charge in [-0.1, -0.05) is 86.5 Å². The van der Waals surface area contributed by atoms with Crippen molar-refractivity contribution in [3.63, 3.8) is 0 Å². The molecule has 3 heterocycles. The normalized spacial score (nSPS) is 22.9. The van der Waals surface area contributed by atoms with Gasteiger partial charge >= 0.3 is 0 Å². The molecule has 49 heavy (non-hydrogen) atoms. The number of benzene rings is 5. The van der Waals surface area contributed by atoms with E-state index < -0.39 is 0 Å². The first-order valence-electron chi connectivity index (χ1n) is 18.1. The Kier molecular flexibility index (Phi) is 6.78. The Morgan fingerprint density at radius 3 is 1.94 bits per heavy atom. The predicted octanol–water partition coefficient (Wildman–Crippen LogP) is 10.8. The average Bonchev–Trinajstić information content (AvgIpc) is 3.32. The van der Waals surface area contributed by atoms with Crippen LogP contribution in [-0.2, 0) is 0 Å². The van der Waals surface area contributed by atoms with Gasteiger partial charge in [0, 0.05) is 50.9 Å². The smallest absolute Gasteiger partial charge is 0.251 e. The van der Waals surface area contributed by atoms with E-state index in [1.165, 1.54) is 76.1 Å². The number of para-hydroxylation sites is 3. The first-order valence-corrected chi connectivity index (χ1v) is 18.1. The third-order valence-electron chi connectivity index (χ3n) is 12.5. The van der Waals surface area contributed by atoms with E-state index >= 15 is 0 Å². The predicted molar refractivity (Wildman–Crippen MR) is 209 cm³/mol. The van der Waals surface area contributed by atoms with Crippen LogP contribution >= 0.6 is 0 Å². The minimum Gasteiger partial charge on any atom is -0.336 e. The fourth-order valence-corrected chi connectivity index (χ4v) is 9.89. The number of hydrogen-bond donors (Lipinski definition) is 0. The van der Waals surface area contributed by atoms with Gasteiger partial charge in [-0.25, -0.2) is 0 Å². The second-order valence-corrected chi connectivity index (χ2v) is 14.9. The molecule has 0 bridgehead atoms. The van der Waals surface area contributed by atoms with Gasteiger partial charge in [0.1, 0.15) is 0 Å². The lowest BCUT2D eigenvalue weighted by atomic mass is 9.32. The van der Waals surface area contributed by atoms with Crippen molar-refractivity contribution in [2.75, 3.05) is 14.7 Å². The van der Waals surface area contributed by atoms with Gasteiger partial charge in [0.15, 0.2) is 0 Å².